The number of aromatic nitrogens is 3. The van der Waals surface area contributed by atoms with Crippen LogP contribution in [0, 0.1) is 19.8 Å². The number of amides is 1. The molecule has 7 nitrogen and oxygen atoms in total. The van der Waals surface area contributed by atoms with Crippen LogP contribution in [0.4, 0.5) is 10.2 Å². The van der Waals surface area contributed by atoms with Crippen molar-refractivity contribution in [2.75, 3.05) is 18.5 Å². The van der Waals surface area contributed by atoms with Gasteiger partial charge in [0.2, 0.25) is 5.91 Å². The zero-order valence-electron chi connectivity index (χ0n) is 18.7. The average Bonchev–Trinajstić information content (AvgIpc) is 3.45. The van der Waals surface area contributed by atoms with Crippen molar-refractivity contribution in [1.29, 1.82) is 0 Å². The predicted octanol–water partition coefficient (Wildman–Crippen LogP) is 3.77. The van der Waals surface area contributed by atoms with Gasteiger partial charge in [0.25, 0.3) is 0 Å². The Hall–Kier alpha value is -2.32. The first kappa shape index (κ1) is 23.3. The van der Waals surface area contributed by atoms with Crippen LogP contribution >= 0.6 is 0 Å². The number of aryl methyl sites for hydroxylation is 3. The minimum absolute atomic E-state index is 0.0260. The molecule has 1 aromatic carbocycles. The van der Waals surface area contributed by atoms with E-state index in [1.165, 1.54) is 25.3 Å². The Morgan fingerprint density at radius 2 is 2.00 bits per heavy atom. The lowest BCUT2D eigenvalue weighted by molar-refractivity contribution is -0.114. The average molecular weight is 432 g/mol. The lowest BCUT2D eigenvalue weighted by Gasteiger charge is -2.34. The van der Waals surface area contributed by atoms with Crippen molar-refractivity contribution in [2.24, 2.45) is 5.92 Å². The molecule has 0 spiro atoms. The van der Waals surface area contributed by atoms with Crippen LogP contribution in [-0.4, -0.2) is 38.9 Å². The van der Waals surface area contributed by atoms with Crippen LogP contribution in [0.5, 0.6) is 0 Å². The molecule has 4 rings (SSSR count). The SMILES string of the molecule is CC(=O)Nc1ccc(C)cc1C.OCCCc1nnc(C2CC(CNF)C2)n1C1CC1. The third-order valence-corrected chi connectivity index (χ3v) is 5.92. The maximum Gasteiger partial charge on any atom is 0.221 e. The van der Waals surface area contributed by atoms with Gasteiger partial charge >= 0.3 is 0 Å². The largest absolute Gasteiger partial charge is 0.396 e. The first-order valence-corrected chi connectivity index (χ1v) is 11.2. The van der Waals surface area contributed by atoms with Crippen molar-refractivity contribution in [3.63, 3.8) is 0 Å². The van der Waals surface area contributed by atoms with Gasteiger partial charge in [0, 0.05) is 44.1 Å². The molecule has 2 aliphatic carbocycles. The molecule has 1 amide bonds. The number of halogens is 1. The molecule has 0 aliphatic heterocycles. The summed E-state index contributed by atoms with van der Waals surface area (Å²) in [6, 6.07) is 6.52. The number of benzene rings is 1. The minimum atomic E-state index is -0.0260. The first-order chi connectivity index (χ1) is 14.9. The summed E-state index contributed by atoms with van der Waals surface area (Å²) in [7, 11) is 0. The molecule has 3 N–H and O–H groups in total. The highest BCUT2D eigenvalue weighted by atomic mass is 19.2. The van der Waals surface area contributed by atoms with Crippen molar-refractivity contribution in [3.05, 3.63) is 41.0 Å². The van der Waals surface area contributed by atoms with E-state index in [4.69, 9.17) is 5.11 Å². The number of nitrogens with zero attached hydrogens (tertiary/aromatic N) is 3. The van der Waals surface area contributed by atoms with Crippen molar-refractivity contribution in [1.82, 2.24) is 20.3 Å². The van der Waals surface area contributed by atoms with Crippen LogP contribution < -0.4 is 10.9 Å². The second-order valence-corrected chi connectivity index (χ2v) is 8.77. The number of hydrogen-bond donors (Lipinski definition) is 3. The fourth-order valence-electron chi connectivity index (χ4n) is 4.12. The van der Waals surface area contributed by atoms with Crippen molar-refractivity contribution in [2.45, 2.75) is 71.3 Å². The Morgan fingerprint density at radius 1 is 1.26 bits per heavy atom. The fraction of sp³-hybridized carbons (Fsp3) is 0.609. The second kappa shape index (κ2) is 10.8. The molecule has 2 aromatic rings. The Morgan fingerprint density at radius 3 is 2.58 bits per heavy atom. The molecule has 1 heterocycles. The van der Waals surface area contributed by atoms with Gasteiger partial charge in [0.1, 0.15) is 11.6 Å². The Labute approximate surface area is 183 Å². The van der Waals surface area contributed by atoms with Gasteiger partial charge in [-0.25, -0.2) is 0 Å². The van der Waals surface area contributed by atoms with Gasteiger partial charge in [-0.1, -0.05) is 17.7 Å². The molecule has 2 saturated carbocycles. The Balaban J connectivity index is 0.000000196. The predicted molar refractivity (Wildman–Crippen MR) is 118 cm³/mol. The normalized spacial score (nSPS) is 19.9. The summed E-state index contributed by atoms with van der Waals surface area (Å²) in [6.45, 7) is 6.17. The van der Waals surface area contributed by atoms with E-state index in [-0.39, 0.29) is 12.5 Å². The first-order valence-electron chi connectivity index (χ1n) is 11.2. The second-order valence-electron chi connectivity index (χ2n) is 8.77. The Bertz CT molecular complexity index is 875. The van der Waals surface area contributed by atoms with Crippen LogP contribution in [0.1, 0.15) is 73.8 Å². The van der Waals surface area contributed by atoms with Gasteiger partial charge in [-0.15, -0.1) is 14.7 Å². The maximum atomic E-state index is 12.0. The zero-order valence-corrected chi connectivity index (χ0v) is 18.7. The summed E-state index contributed by atoms with van der Waals surface area (Å²) in [5, 5.41) is 20.4. The maximum absolute atomic E-state index is 12.0. The summed E-state index contributed by atoms with van der Waals surface area (Å²) in [6.07, 6.45) is 5.95. The third kappa shape index (κ3) is 6.33. The zero-order chi connectivity index (χ0) is 22.4. The highest BCUT2D eigenvalue weighted by molar-refractivity contribution is 5.89. The molecule has 170 valence electrons. The van der Waals surface area contributed by atoms with Crippen molar-refractivity contribution < 1.29 is 14.4 Å². The molecule has 0 radical (unpaired) electrons. The van der Waals surface area contributed by atoms with Gasteiger partial charge < -0.3 is 15.0 Å². The number of nitrogens with one attached hydrogen (secondary N) is 2. The smallest absolute Gasteiger partial charge is 0.221 e. The molecule has 31 heavy (non-hydrogen) atoms. The van der Waals surface area contributed by atoms with Crippen LogP contribution in [0.25, 0.3) is 0 Å². The van der Waals surface area contributed by atoms with Crippen LogP contribution in [-0.2, 0) is 11.2 Å². The molecule has 8 heteroatoms. The van der Waals surface area contributed by atoms with Crippen molar-refractivity contribution >= 4 is 11.6 Å². The topological polar surface area (TPSA) is 92.1 Å². The summed E-state index contributed by atoms with van der Waals surface area (Å²) < 4.78 is 14.3. The lowest BCUT2D eigenvalue weighted by atomic mass is 9.74. The summed E-state index contributed by atoms with van der Waals surface area (Å²) in [5.74, 6) is 2.95. The van der Waals surface area contributed by atoms with E-state index in [0.717, 1.165) is 48.6 Å². The molecular weight excluding hydrogens is 397 g/mol. The molecule has 0 saturated heterocycles. The van der Waals surface area contributed by atoms with E-state index in [1.54, 1.807) is 5.54 Å². The molecular formula is C23H34FN5O2. The number of carbonyl (C=O) groups excluding carboxylic acids is 1. The van der Waals surface area contributed by atoms with Crippen LogP contribution in [0.15, 0.2) is 18.2 Å². The van der Waals surface area contributed by atoms with E-state index >= 15 is 0 Å². The molecule has 2 aliphatic rings. The Kier molecular flexibility index (Phi) is 8.15. The third-order valence-electron chi connectivity index (χ3n) is 5.92. The molecule has 0 bridgehead atoms. The number of hydrogen-bond acceptors (Lipinski definition) is 5. The van der Waals surface area contributed by atoms with E-state index in [2.05, 4.69) is 20.1 Å². The highest BCUT2D eigenvalue weighted by Crippen LogP contribution is 2.45. The van der Waals surface area contributed by atoms with Crippen LogP contribution in [0.2, 0.25) is 0 Å². The van der Waals surface area contributed by atoms with Crippen molar-refractivity contribution in [3.8, 4) is 0 Å². The summed E-state index contributed by atoms with van der Waals surface area (Å²) in [5.41, 5.74) is 4.96. The van der Waals surface area contributed by atoms with Crippen LogP contribution in [0.3, 0.4) is 0 Å². The number of carbonyl (C=O) groups is 1. The quantitative estimate of drug-likeness (QED) is 0.554. The minimum Gasteiger partial charge on any atom is -0.396 e. The lowest BCUT2D eigenvalue weighted by Crippen LogP contribution is -2.30. The summed E-state index contributed by atoms with van der Waals surface area (Å²) >= 11 is 0. The summed E-state index contributed by atoms with van der Waals surface area (Å²) in [4.78, 5) is 10.7. The highest BCUT2D eigenvalue weighted by Gasteiger charge is 2.37. The number of aliphatic hydroxyl groups is 1. The molecule has 1 aromatic heterocycles. The number of anilines is 1. The van der Waals surface area contributed by atoms with Gasteiger partial charge in [-0.3, -0.25) is 4.79 Å². The fourth-order valence-corrected chi connectivity index (χ4v) is 4.12. The molecule has 0 unspecified atom stereocenters. The van der Waals surface area contributed by atoms with Gasteiger partial charge in [-0.05, 0) is 63.5 Å². The molecule has 2 fully saturated rings. The van der Waals surface area contributed by atoms with E-state index in [9.17, 15) is 9.28 Å². The number of rotatable bonds is 8. The van der Waals surface area contributed by atoms with Gasteiger partial charge in [0.05, 0.1) is 0 Å². The van der Waals surface area contributed by atoms with E-state index in [1.807, 2.05) is 32.0 Å². The van der Waals surface area contributed by atoms with Gasteiger partial charge in [-0.2, -0.15) is 5.54 Å². The monoisotopic (exact) mass is 431 g/mol. The standard InChI is InChI=1S/C13H21FN4O.C10H13NO/c14-15-8-9-6-10(7-9)13-17-16-12(2-1-5-19)18(13)11-3-4-11;1-7-4-5-10(8(2)6-7)11-9(3)12/h9-11,15,19H,1-8H2;4-6H,1-3H3,(H,11,12). The van der Waals surface area contributed by atoms with E-state index < -0.39 is 0 Å². The molecule has 0 atom stereocenters. The number of aliphatic hydroxyl groups excluding tert-OH is 1. The van der Waals surface area contributed by atoms with E-state index in [0.29, 0.717) is 24.4 Å². The van der Waals surface area contributed by atoms with Gasteiger partial charge in [0.15, 0.2) is 0 Å².